The lowest BCUT2D eigenvalue weighted by Crippen LogP contribution is -2.66. The van der Waals surface area contributed by atoms with Crippen LogP contribution in [-0.4, -0.2) is 108 Å². The molecule has 1 aromatic heterocycles. The minimum absolute atomic E-state index is 0.0222. The number of nitrogens with zero attached hydrogens (tertiary/aromatic N) is 2. The number of amides is 1. The number of hydrogen-bond donors (Lipinski definition) is 1. The Kier molecular flexibility index (Phi) is 10.9. The number of rotatable bonds is 10. The van der Waals surface area contributed by atoms with Crippen molar-refractivity contribution in [2.75, 3.05) is 26.4 Å². The van der Waals surface area contributed by atoms with Crippen LogP contribution in [0.4, 0.5) is 0 Å². The van der Waals surface area contributed by atoms with E-state index in [1.54, 1.807) is 13.8 Å². The lowest BCUT2D eigenvalue weighted by molar-refractivity contribution is -0.321. The van der Waals surface area contributed by atoms with Crippen molar-refractivity contribution in [2.24, 2.45) is 0 Å². The van der Waals surface area contributed by atoms with Gasteiger partial charge in [-0.3, -0.25) is 29.0 Å². The van der Waals surface area contributed by atoms with E-state index >= 15 is 0 Å². The number of esters is 4. The van der Waals surface area contributed by atoms with Crippen molar-refractivity contribution >= 4 is 29.8 Å². The van der Waals surface area contributed by atoms with Crippen LogP contribution in [0, 0.1) is 0 Å². The third kappa shape index (κ3) is 9.14. The van der Waals surface area contributed by atoms with Crippen LogP contribution in [0.1, 0.15) is 52.0 Å². The van der Waals surface area contributed by atoms with Gasteiger partial charge in [-0.2, -0.15) is 0 Å². The van der Waals surface area contributed by atoms with Crippen LogP contribution < -0.4 is 5.32 Å². The third-order valence-corrected chi connectivity index (χ3v) is 6.04. The van der Waals surface area contributed by atoms with E-state index in [2.05, 4.69) is 15.3 Å². The number of carbonyl (C=O) groups excluding carboxylic acids is 5. The second-order valence-electron chi connectivity index (χ2n) is 10.2. The predicted molar refractivity (Wildman–Crippen MR) is 136 cm³/mol. The summed E-state index contributed by atoms with van der Waals surface area (Å²) in [6.07, 6.45) is -2.84. The highest BCUT2D eigenvalue weighted by Crippen LogP contribution is 2.31. The Morgan fingerprint density at radius 1 is 0.881 bits per heavy atom. The molecule has 1 aromatic rings. The largest absolute Gasteiger partial charge is 0.463 e. The number of aromatic nitrogens is 2. The summed E-state index contributed by atoms with van der Waals surface area (Å²) >= 11 is 0. The Morgan fingerprint density at radius 2 is 1.48 bits per heavy atom. The Morgan fingerprint density at radius 3 is 2.02 bits per heavy atom. The third-order valence-electron chi connectivity index (χ3n) is 6.04. The van der Waals surface area contributed by atoms with Gasteiger partial charge in [0, 0.05) is 40.1 Å². The van der Waals surface area contributed by atoms with E-state index in [0.29, 0.717) is 0 Å². The van der Waals surface area contributed by atoms with Crippen LogP contribution in [0.25, 0.3) is 0 Å². The second kappa shape index (κ2) is 14.0. The van der Waals surface area contributed by atoms with Gasteiger partial charge in [-0.15, -0.1) is 0 Å². The highest BCUT2D eigenvalue weighted by Gasteiger charge is 2.54. The maximum absolute atomic E-state index is 13.0. The van der Waals surface area contributed by atoms with E-state index in [0.717, 1.165) is 27.7 Å². The highest BCUT2D eigenvalue weighted by atomic mass is 16.7. The van der Waals surface area contributed by atoms with Gasteiger partial charge < -0.3 is 43.2 Å². The summed E-state index contributed by atoms with van der Waals surface area (Å²) in [6.45, 7) is 6.99. The van der Waals surface area contributed by atoms with Crippen LogP contribution in [-0.2, 0) is 57.1 Å². The SMILES string of the molecule is CC(=O)OC[C@H]1O[C@@H](OCC2(NC(=O)c3cnccn3)COC(C)(C)OC2)[C@H](OC(C)=O)[C@@H](OC(C)=O)[C@H]1OC(C)=O. The minimum Gasteiger partial charge on any atom is -0.463 e. The first-order valence-electron chi connectivity index (χ1n) is 13.0. The normalized spacial score (nSPS) is 26.3. The van der Waals surface area contributed by atoms with Crippen molar-refractivity contribution in [1.29, 1.82) is 0 Å². The lowest BCUT2D eigenvalue weighted by Gasteiger charge is -2.46. The molecule has 16 heteroatoms. The van der Waals surface area contributed by atoms with Gasteiger partial charge >= 0.3 is 23.9 Å². The van der Waals surface area contributed by atoms with Crippen molar-refractivity contribution in [3.05, 3.63) is 24.3 Å². The van der Waals surface area contributed by atoms with Gasteiger partial charge in [-0.05, 0) is 13.8 Å². The van der Waals surface area contributed by atoms with E-state index < -0.39 is 78.4 Å². The first-order valence-corrected chi connectivity index (χ1v) is 13.0. The molecule has 2 fully saturated rings. The quantitative estimate of drug-likeness (QED) is 0.275. The molecule has 0 aliphatic carbocycles. The van der Waals surface area contributed by atoms with Crippen molar-refractivity contribution < 1.29 is 61.9 Å². The molecule has 3 heterocycles. The molecule has 42 heavy (non-hydrogen) atoms. The van der Waals surface area contributed by atoms with Crippen LogP contribution in [0.15, 0.2) is 18.6 Å². The van der Waals surface area contributed by atoms with E-state index in [-0.39, 0.29) is 25.5 Å². The average Bonchev–Trinajstić information content (AvgIpc) is 2.90. The molecule has 232 valence electrons. The maximum Gasteiger partial charge on any atom is 0.303 e. The fourth-order valence-corrected chi connectivity index (χ4v) is 4.18. The molecular formula is C26H35N3O13. The number of carbonyl (C=O) groups is 5. The van der Waals surface area contributed by atoms with Gasteiger partial charge in [0.25, 0.3) is 5.91 Å². The molecule has 0 aromatic carbocycles. The Bertz CT molecular complexity index is 1140. The van der Waals surface area contributed by atoms with Crippen molar-refractivity contribution in [1.82, 2.24) is 15.3 Å². The molecule has 2 saturated heterocycles. The number of hydrogen-bond acceptors (Lipinski definition) is 15. The zero-order valence-electron chi connectivity index (χ0n) is 24.1. The highest BCUT2D eigenvalue weighted by molar-refractivity contribution is 5.92. The standard InChI is InChI=1S/C26H35N3O13/c1-14(30)35-10-19-20(39-15(2)31)21(40-16(3)32)22(41-17(4)33)24(42-19)36-11-26(12-37-25(5,6)38-13-26)29-23(34)18-9-27-7-8-28-18/h7-9,19-22,24H,10-13H2,1-6H3,(H,29,34)/t19-,20+,21+,22-,24-/m1/s1. The second-order valence-corrected chi connectivity index (χ2v) is 10.2. The Balaban J connectivity index is 1.93. The van der Waals surface area contributed by atoms with Gasteiger partial charge in [0.05, 0.1) is 26.0 Å². The smallest absolute Gasteiger partial charge is 0.303 e. The monoisotopic (exact) mass is 597 g/mol. The number of nitrogens with one attached hydrogen (secondary N) is 1. The summed E-state index contributed by atoms with van der Waals surface area (Å²) < 4.78 is 44.9. The van der Waals surface area contributed by atoms with E-state index in [1.807, 2.05) is 0 Å². The molecular weight excluding hydrogens is 562 g/mol. The molecule has 0 bridgehead atoms. The average molecular weight is 598 g/mol. The molecule has 1 N–H and O–H groups in total. The zero-order valence-corrected chi connectivity index (χ0v) is 24.1. The molecule has 0 radical (unpaired) electrons. The van der Waals surface area contributed by atoms with E-state index in [4.69, 9.17) is 37.9 Å². The van der Waals surface area contributed by atoms with Gasteiger partial charge in [-0.1, -0.05) is 0 Å². The molecule has 2 aliphatic rings. The topological polar surface area (TPSA) is 197 Å². The summed E-state index contributed by atoms with van der Waals surface area (Å²) in [6, 6.07) is 0. The summed E-state index contributed by atoms with van der Waals surface area (Å²) in [5, 5.41) is 2.81. The first kappa shape index (κ1) is 32.8. The maximum atomic E-state index is 13.0. The van der Waals surface area contributed by atoms with Crippen LogP contribution in [0.2, 0.25) is 0 Å². The summed E-state index contributed by atoms with van der Waals surface area (Å²) in [5.41, 5.74) is -1.28. The van der Waals surface area contributed by atoms with E-state index in [9.17, 15) is 24.0 Å². The molecule has 2 aliphatic heterocycles. The molecule has 3 rings (SSSR count). The van der Waals surface area contributed by atoms with Gasteiger partial charge in [0.1, 0.15) is 23.9 Å². The Hall–Kier alpha value is -3.73. The predicted octanol–water partition coefficient (Wildman–Crippen LogP) is -0.172. The summed E-state index contributed by atoms with van der Waals surface area (Å²) in [4.78, 5) is 68.6. The molecule has 16 nitrogen and oxygen atoms in total. The Labute approximate surface area is 241 Å². The molecule has 0 saturated carbocycles. The van der Waals surface area contributed by atoms with Crippen molar-refractivity contribution in [2.45, 2.75) is 83.6 Å². The fraction of sp³-hybridized carbons (Fsp3) is 0.654. The van der Waals surface area contributed by atoms with Crippen molar-refractivity contribution in [3.8, 4) is 0 Å². The molecule has 5 atom stereocenters. The number of ether oxygens (including phenoxy) is 8. The first-order chi connectivity index (χ1) is 19.7. The summed E-state index contributed by atoms with van der Waals surface area (Å²) in [7, 11) is 0. The summed E-state index contributed by atoms with van der Waals surface area (Å²) in [5.74, 6) is -4.56. The lowest BCUT2D eigenvalue weighted by atomic mass is 9.97. The zero-order chi connectivity index (χ0) is 31.1. The minimum atomic E-state index is -1.47. The van der Waals surface area contributed by atoms with Crippen LogP contribution >= 0.6 is 0 Å². The van der Waals surface area contributed by atoms with Gasteiger partial charge in [-0.25, -0.2) is 4.98 Å². The van der Waals surface area contributed by atoms with Gasteiger partial charge in [0.2, 0.25) is 0 Å². The van der Waals surface area contributed by atoms with Gasteiger partial charge in [0.15, 0.2) is 30.4 Å². The molecule has 0 unspecified atom stereocenters. The fourth-order valence-electron chi connectivity index (χ4n) is 4.18. The van der Waals surface area contributed by atoms with Crippen LogP contribution in [0.3, 0.4) is 0 Å². The van der Waals surface area contributed by atoms with Crippen molar-refractivity contribution in [3.63, 3.8) is 0 Å². The molecule has 0 spiro atoms. The van der Waals surface area contributed by atoms with E-state index in [1.165, 1.54) is 18.6 Å². The molecule has 1 amide bonds. The van der Waals surface area contributed by atoms with Crippen LogP contribution in [0.5, 0.6) is 0 Å².